The van der Waals surface area contributed by atoms with Crippen molar-refractivity contribution in [2.24, 2.45) is 5.14 Å². The summed E-state index contributed by atoms with van der Waals surface area (Å²) in [7, 11) is -3.94. The fraction of sp³-hybridized carbons (Fsp3) is 0.212. The topological polar surface area (TPSA) is 175 Å². The van der Waals surface area contributed by atoms with Crippen LogP contribution in [-0.4, -0.2) is 47.3 Å². The second-order valence-electron chi connectivity index (χ2n) is 10.7. The van der Waals surface area contributed by atoms with E-state index in [2.05, 4.69) is 5.32 Å². The molecule has 13 heteroatoms. The molecule has 0 fully saturated rings. The van der Waals surface area contributed by atoms with Crippen LogP contribution in [0, 0.1) is 5.82 Å². The summed E-state index contributed by atoms with van der Waals surface area (Å²) < 4.78 is 39.2. The van der Waals surface area contributed by atoms with Crippen molar-refractivity contribution in [3.05, 3.63) is 102 Å². The van der Waals surface area contributed by atoms with Gasteiger partial charge in [-0.2, -0.15) is 0 Å². The number of carboxylic acids is 1. The maximum atomic E-state index is 14.1. The number of aliphatic carboxylic acids is 1. The number of nitrogens with two attached hydrogens (primary N) is 1. The molecule has 1 aromatic heterocycles. The van der Waals surface area contributed by atoms with Crippen LogP contribution >= 0.6 is 0 Å². The zero-order valence-corrected chi connectivity index (χ0v) is 28.4. The van der Waals surface area contributed by atoms with E-state index in [-0.39, 0.29) is 52.6 Å². The minimum Gasteiger partial charge on any atom is -0.550 e. The van der Waals surface area contributed by atoms with Crippen LogP contribution in [0.2, 0.25) is 0 Å². The van der Waals surface area contributed by atoms with Gasteiger partial charge in [-0.15, -0.1) is 0 Å². The number of hydrogen-bond donors (Lipinski definition) is 4. The van der Waals surface area contributed by atoms with Gasteiger partial charge in [0.1, 0.15) is 11.5 Å². The molecule has 0 aliphatic rings. The summed E-state index contributed by atoms with van der Waals surface area (Å²) in [4.78, 5) is 24.9. The van der Waals surface area contributed by atoms with Gasteiger partial charge in [0, 0.05) is 47.4 Å². The number of carbonyl (C=O) groups excluding carboxylic acids is 2. The largest absolute Gasteiger partial charge is 1.00 e. The quantitative estimate of drug-likeness (QED) is 0.162. The first-order valence-corrected chi connectivity index (χ1v) is 15.6. The fourth-order valence-corrected chi connectivity index (χ4v) is 5.59. The molecule has 0 bridgehead atoms. The number of carboxylic acid groups (broad SMARTS) is 1. The van der Waals surface area contributed by atoms with Gasteiger partial charge < -0.3 is 30.0 Å². The standard InChI is InChI=1S/C33H34FN3O7S.Na/c1-20(2)37-28(17-14-25(38)18-26(39)19-29(40)41)30(22-8-10-23(34)11-9-22)31(21-6-4-3-5-7-21)32(37)33(42)36-24-12-15-27(16-13-24)45(35,43)44;/h3-17,20,25-26,38-39H,18-19H2,1-2H3,(H,36,42)(H,40,41)(H2,35,43,44);/q;+1/p-1/t25-,26-;/m1./s1. The van der Waals surface area contributed by atoms with Crippen molar-refractivity contribution in [2.75, 3.05) is 5.32 Å². The van der Waals surface area contributed by atoms with E-state index in [4.69, 9.17) is 5.14 Å². The number of anilines is 1. The molecular formula is C33H33FN3NaO7S. The number of benzene rings is 3. The normalized spacial score (nSPS) is 12.9. The summed E-state index contributed by atoms with van der Waals surface area (Å²) in [6.45, 7) is 3.72. The Morgan fingerprint density at radius 2 is 1.54 bits per heavy atom. The zero-order chi connectivity index (χ0) is 32.9. The molecule has 2 atom stereocenters. The van der Waals surface area contributed by atoms with Crippen LogP contribution in [0.3, 0.4) is 0 Å². The van der Waals surface area contributed by atoms with Crippen LogP contribution < -0.4 is 45.1 Å². The second kappa shape index (κ2) is 15.8. The molecule has 0 unspecified atom stereocenters. The molecule has 5 N–H and O–H groups in total. The van der Waals surface area contributed by atoms with E-state index in [1.165, 1.54) is 42.5 Å². The Labute approximate surface area is 288 Å². The molecule has 4 aromatic rings. The maximum absolute atomic E-state index is 14.1. The van der Waals surface area contributed by atoms with Crippen molar-refractivity contribution >= 4 is 33.7 Å². The average molecular weight is 658 g/mol. The minimum absolute atomic E-state index is 0. The van der Waals surface area contributed by atoms with Crippen molar-refractivity contribution < 1.29 is 67.3 Å². The van der Waals surface area contributed by atoms with Crippen LogP contribution in [0.5, 0.6) is 0 Å². The van der Waals surface area contributed by atoms with Crippen molar-refractivity contribution in [2.45, 2.75) is 49.8 Å². The number of amides is 1. The number of aromatic nitrogens is 1. The summed E-state index contributed by atoms with van der Waals surface area (Å²) in [5, 5.41) is 39.6. The first kappa shape index (κ1) is 36.8. The molecule has 0 aliphatic carbocycles. The third-order valence-electron chi connectivity index (χ3n) is 7.00. The summed E-state index contributed by atoms with van der Waals surface area (Å²) in [6.07, 6.45) is -0.529. The third kappa shape index (κ3) is 9.01. The van der Waals surface area contributed by atoms with Crippen molar-refractivity contribution in [3.63, 3.8) is 0 Å². The number of rotatable bonds is 12. The van der Waals surface area contributed by atoms with E-state index in [1.54, 1.807) is 22.8 Å². The van der Waals surface area contributed by atoms with Gasteiger partial charge in [0.15, 0.2) is 0 Å². The smallest absolute Gasteiger partial charge is 0.550 e. The van der Waals surface area contributed by atoms with E-state index in [0.717, 1.165) is 0 Å². The maximum Gasteiger partial charge on any atom is 1.00 e. The number of halogens is 1. The van der Waals surface area contributed by atoms with E-state index < -0.39 is 46.3 Å². The van der Waals surface area contributed by atoms with Gasteiger partial charge >= 0.3 is 29.6 Å². The van der Waals surface area contributed by atoms with Crippen LogP contribution in [0.15, 0.2) is 89.8 Å². The summed E-state index contributed by atoms with van der Waals surface area (Å²) in [5.74, 6) is -2.44. The Morgan fingerprint density at radius 1 is 0.957 bits per heavy atom. The Balaban J connectivity index is 0.00000576. The van der Waals surface area contributed by atoms with Gasteiger partial charge in [-0.05, 0) is 67.4 Å². The van der Waals surface area contributed by atoms with Gasteiger partial charge in [-0.3, -0.25) is 4.79 Å². The molecule has 1 heterocycles. The van der Waals surface area contributed by atoms with Gasteiger partial charge in [0.05, 0.1) is 17.1 Å². The molecular weight excluding hydrogens is 624 g/mol. The van der Waals surface area contributed by atoms with Gasteiger partial charge in [0.25, 0.3) is 5.91 Å². The van der Waals surface area contributed by atoms with Crippen LogP contribution in [0.25, 0.3) is 28.3 Å². The number of sulfonamides is 1. The molecule has 0 aliphatic heterocycles. The molecule has 46 heavy (non-hydrogen) atoms. The Morgan fingerprint density at radius 3 is 2.09 bits per heavy atom. The molecule has 0 radical (unpaired) electrons. The molecule has 3 aromatic carbocycles. The summed E-state index contributed by atoms with van der Waals surface area (Å²) in [5.41, 5.74) is 3.35. The summed E-state index contributed by atoms with van der Waals surface area (Å²) in [6, 6.07) is 19.9. The Kier molecular flexibility index (Phi) is 12.6. The van der Waals surface area contributed by atoms with E-state index in [9.17, 15) is 37.7 Å². The predicted octanol–water partition coefficient (Wildman–Crippen LogP) is 0.711. The first-order valence-electron chi connectivity index (χ1n) is 14.0. The number of nitrogens with one attached hydrogen (secondary N) is 1. The predicted molar refractivity (Wildman–Crippen MR) is 167 cm³/mol. The van der Waals surface area contributed by atoms with E-state index in [0.29, 0.717) is 33.6 Å². The van der Waals surface area contributed by atoms with E-state index in [1.807, 2.05) is 44.2 Å². The van der Waals surface area contributed by atoms with Crippen molar-refractivity contribution in [1.29, 1.82) is 0 Å². The zero-order valence-electron chi connectivity index (χ0n) is 25.6. The molecule has 4 rings (SSSR count). The second-order valence-corrected chi connectivity index (χ2v) is 12.3. The molecule has 0 saturated heterocycles. The molecule has 0 saturated carbocycles. The number of aliphatic hydroxyl groups excluding tert-OH is 2. The molecule has 236 valence electrons. The average Bonchev–Trinajstić information content (AvgIpc) is 3.32. The first-order chi connectivity index (χ1) is 21.3. The van der Waals surface area contributed by atoms with Crippen LogP contribution in [0.1, 0.15) is 48.9 Å². The SMILES string of the molecule is CC(C)n1c(C=C[C@@H](O)C[C@@H](O)CC(=O)[O-])c(-c2ccc(F)cc2)c(-c2ccccc2)c1C(=O)Nc1ccc(S(N)(=O)=O)cc1.[Na+]. The van der Waals surface area contributed by atoms with Crippen molar-refractivity contribution in [1.82, 2.24) is 4.57 Å². The number of hydrogen-bond acceptors (Lipinski definition) is 7. The monoisotopic (exact) mass is 657 g/mol. The van der Waals surface area contributed by atoms with E-state index >= 15 is 0 Å². The van der Waals surface area contributed by atoms with Crippen LogP contribution in [-0.2, 0) is 14.8 Å². The molecule has 0 spiro atoms. The number of carbonyl (C=O) groups is 2. The number of nitrogens with zero attached hydrogens (tertiary/aromatic N) is 1. The molecule has 1 amide bonds. The molecule has 10 nitrogen and oxygen atoms in total. The van der Waals surface area contributed by atoms with Crippen LogP contribution in [0.4, 0.5) is 10.1 Å². The minimum atomic E-state index is -3.94. The fourth-order valence-electron chi connectivity index (χ4n) is 5.08. The number of aliphatic hydroxyl groups is 2. The summed E-state index contributed by atoms with van der Waals surface area (Å²) >= 11 is 0. The Hall–Kier alpha value is -3.62. The van der Waals surface area contributed by atoms with Gasteiger partial charge in [-0.1, -0.05) is 48.5 Å². The van der Waals surface area contributed by atoms with Gasteiger partial charge in [0.2, 0.25) is 10.0 Å². The third-order valence-corrected chi connectivity index (χ3v) is 7.93. The number of primary sulfonamides is 1. The Bertz CT molecular complexity index is 1810. The van der Waals surface area contributed by atoms with Gasteiger partial charge in [-0.25, -0.2) is 17.9 Å². The van der Waals surface area contributed by atoms with Crippen molar-refractivity contribution in [3.8, 4) is 22.3 Å².